The number of hydrogen-bond acceptors (Lipinski definition) is 3. The molecule has 1 aromatic carbocycles. The minimum atomic E-state index is 0.745. The highest BCUT2D eigenvalue weighted by Gasteiger charge is 2.16. The molecule has 0 bridgehead atoms. The lowest BCUT2D eigenvalue weighted by atomic mass is 10.1. The van der Waals surface area contributed by atoms with E-state index in [1.54, 1.807) is 7.11 Å². The lowest BCUT2D eigenvalue weighted by Gasteiger charge is -2.16. The lowest BCUT2D eigenvalue weighted by molar-refractivity contribution is 0.249. The van der Waals surface area contributed by atoms with Gasteiger partial charge in [-0.15, -0.1) is 0 Å². The van der Waals surface area contributed by atoms with Gasteiger partial charge in [0, 0.05) is 12.1 Å². The molecule has 0 aromatic heterocycles. The van der Waals surface area contributed by atoms with Gasteiger partial charge in [0.2, 0.25) is 0 Å². The third-order valence-electron chi connectivity index (χ3n) is 3.78. The van der Waals surface area contributed by atoms with Gasteiger partial charge in [0.15, 0.2) is 0 Å². The molecule has 1 N–H and O–H groups in total. The first-order valence-electron chi connectivity index (χ1n) is 7.34. The zero-order chi connectivity index (χ0) is 13.5. The van der Waals surface area contributed by atoms with Crippen molar-refractivity contribution < 1.29 is 9.47 Å². The van der Waals surface area contributed by atoms with Crippen LogP contribution in [-0.2, 0) is 6.54 Å². The van der Waals surface area contributed by atoms with Gasteiger partial charge in [-0.05, 0) is 43.5 Å². The summed E-state index contributed by atoms with van der Waals surface area (Å²) in [7, 11) is 1.70. The van der Waals surface area contributed by atoms with Crippen molar-refractivity contribution in [1.29, 1.82) is 0 Å². The second kappa shape index (κ2) is 7.39. The Labute approximate surface area is 116 Å². The third-order valence-corrected chi connectivity index (χ3v) is 3.78. The Hall–Kier alpha value is -1.22. The normalized spacial score (nSPS) is 15.7. The van der Waals surface area contributed by atoms with Gasteiger partial charge in [-0.1, -0.05) is 19.8 Å². The van der Waals surface area contributed by atoms with Crippen molar-refractivity contribution in [2.75, 3.05) is 20.3 Å². The van der Waals surface area contributed by atoms with Crippen molar-refractivity contribution in [1.82, 2.24) is 5.32 Å². The lowest BCUT2D eigenvalue weighted by Crippen LogP contribution is -2.14. The van der Waals surface area contributed by atoms with E-state index in [-0.39, 0.29) is 0 Å². The van der Waals surface area contributed by atoms with E-state index in [2.05, 4.69) is 18.3 Å². The number of benzene rings is 1. The molecular weight excluding hydrogens is 238 g/mol. The SMILES string of the molecule is CCNCc1cc(OC)ccc1OCC1CCCC1. The Morgan fingerprint density at radius 1 is 1.26 bits per heavy atom. The topological polar surface area (TPSA) is 30.5 Å². The number of hydrogen-bond donors (Lipinski definition) is 1. The Morgan fingerprint density at radius 3 is 2.74 bits per heavy atom. The monoisotopic (exact) mass is 263 g/mol. The summed E-state index contributed by atoms with van der Waals surface area (Å²) in [5.41, 5.74) is 1.18. The summed E-state index contributed by atoms with van der Waals surface area (Å²) >= 11 is 0. The molecule has 106 valence electrons. The highest BCUT2D eigenvalue weighted by atomic mass is 16.5. The molecule has 0 unspecified atom stereocenters. The average Bonchev–Trinajstić information content (AvgIpc) is 2.96. The molecule has 3 heteroatoms. The molecule has 0 aliphatic heterocycles. The summed E-state index contributed by atoms with van der Waals surface area (Å²) in [4.78, 5) is 0. The minimum absolute atomic E-state index is 0.745. The summed E-state index contributed by atoms with van der Waals surface area (Å²) in [6.07, 6.45) is 5.36. The first-order valence-corrected chi connectivity index (χ1v) is 7.34. The summed E-state index contributed by atoms with van der Waals surface area (Å²) in [5.74, 6) is 2.63. The van der Waals surface area contributed by atoms with Gasteiger partial charge in [-0.3, -0.25) is 0 Å². The fourth-order valence-corrected chi connectivity index (χ4v) is 2.61. The largest absolute Gasteiger partial charge is 0.497 e. The van der Waals surface area contributed by atoms with Crippen LogP contribution >= 0.6 is 0 Å². The molecule has 0 heterocycles. The molecular formula is C16H25NO2. The van der Waals surface area contributed by atoms with Crippen LogP contribution in [0.1, 0.15) is 38.2 Å². The minimum Gasteiger partial charge on any atom is -0.497 e. The molecule has 1 saturated carbocycles. The maximum atomic E-state index is 6.02. The average molecular weight is 263 g/mol. The molecule has 0 saturated heterocycles. The Bertz CT molecular complexity index is 386. The van der Waals surface area contributed by atoms with Crippen LogP contribution in [0.2, 0.25) is 0 Å². The summed E-state index contributed by atoms with van der Waals surface area (Å²) in [5, 5.41) is 3.35. The smallest absolute Gasteiger partial charge is 0.124 e. The first kappa shape index (κ1) is 14.2. The maximum absolute atomic E-state index is 6.02. The van der Waals surface area contributed by atoms with Gasteiger partial charge in [0.05, 0.1) is 13.7 Å². The Balaban J connectivity index is 1.99. The van der Waals surface area contributed by atoms with Crippen LogP contribution in [0.25, 0.3) is 0 Å². The number of ether oxygens (including phenoxy) is 2. The second-order valence-corrected chi connectivity index (χ2v) is 5.22. The first-order chi connectivity index (χ1) is 9.33. The molecule has 19 heavy (non-hydrogen) atoms. The van der Waals surface area contributed by atoms with Crippen molar-refractivity contribution in [3.63, 3.8) is 0 Å². The van der Waals surface area contributed by atoms with Gasteiger partial charge >= 0.3 is 0 Å². The predicted octanol–water partition coefficient (Wildman–Crippen LogP) is 3.37. The van der Waals surface area contributed by atoms with Crippen molar-refractivity contribution in [3.8, 4) is 11.5 Å². The molecule has 2 rings (SSSR count). The fourth-order valence-electron chi connectivity index (χ4n) is 2.61. The van der Waals surface area contributed by atoms with E-state index in [1.807, 2.05) is 12.1 Å². The zero-order valence-electron chi connectivity index (χ0n) is 12.1. The quantitative estimate of drug-likeness (QED) is 0.818. The van der Waals surface area contributed by atoms with Gasteiger partial charge in [-0.2, -0.15) is 0 Å². The molecule has 1 fully saturated rings. The van der Waals surface area contributed by atoms with E-state index < -0.39 is 0 Å². The van der Waals surface area contributed by atoms with Gasteiger partial charge < -0.3 is 14.8 Å². The van der Waals surface area contributed by atoms with Crippen molar-refractivity contribution in [2.45, 2.75) is 39.2 Å². The summed E-state index contributed by atoms with van der Waals surface area (Å²) < 4.78 is 11.3. The van der Waals surface area contributed by atoms with E-state index in [1.165, 1.54) is 31.2 Å². The predicted molar refractivity (Wildman–Crippen MR) is 77.8 cm³/mol. The van der Waals surface area contributed by atoms with Gasteiger partial charge in [0.25, 0.3) is 0 Å². The Morgan fingerprint density at radius 2 is 2.05 bits per heavy atom. The van der Waals surface area contributed by atoms with Crippen LogP contribution in [0.5, 0.6) is 11.5 Å². The van der Waals surface area contributed by atoms with Crippen LogP contribution in [0.15, 0.2) is 18.2 Å². The van der Waals surface area contributed by atoms with Crippen molar-refractivity contribution >= 4 is 0 Å². The number of rotatable bonds is 7. The second-order valence-electron chi connectivity index (χ2n) is 5.22. The highest BCUT2D eigenvalue weighted by Crippen LogP contribution is 2.28. The van der Waals surface area contributed by atoms with E-state index in [0.29, 0.717) is 0 Å². The molecule has 1 aromatic rings. The van der Waals surface area contributed by atoms with E-state index in [4.69, 9.17) is 9.47 Å². The van der Waals surface area contributed by atoms with Crippen LogP contribution in [0.3, 0.4) is 0 Å². The maximum Gasteiger partial charge on any atom is 0.124 e. The van der Waals surface area contributed by atoms with Gasteiger partial charge in [-0.25, -0.2) is 0 Å². The van der Waals surface area contributed by atoms with E-state index in [9.17, 15) is 0 Å². The Kier molecular flexibility index (Phi) is 5.52. The van der Waals surface area contributed by atoms with E-state index >= 15 is 0 Å². The third kappa shape index (κ3) is 4.13. The molecule has 1 aliphatic carbocycles. The highest BCUT2D eigenvalue weighted by molar-refractivity contribution is 5.40. The number of methoxy groups -OCH3 is 1. The van der Waals surface area contributed by atoms with E-state index in [0.717, 1.165) is 37.1 Å². The van der Waals surface area contributed by atoms with Crippen LogP contribution in [-0.4, -0.2) is 20.3 Å². The molecule has 0 amide bonds. The number of nitrogens with one attached hydrogen (secondary N) is 1. The summed E-state index contributed by atoms with van der Waals surface area (Å²) in [6, 6.07) is 6.06. The molecule has 0 atom stereocenters. The van der Waals surface area contributed by atoms with Gasteiger partial charge in [0.1, 0.15) is 11.5 Å². The zero-order valence-corrected chi connectivity index (χ0v) is 12.1. The van der Waals surface area contributed by atoms with Crippen molar-refractivity contribution in [3.05, 3.63) is 23.8 Å². The van der Waals surface area contributed by atoms with Crippen molar-refractivity contribution in [2.24, 2.45) is 5.92 Å². The van der Waals surface area contributed by atoms with Crippen LogP contribution < -0.4 is 14.8 Å². The molecule has 1 aliphatic rings. The molecule has 3 nitrogen and oxygen atoms in total. The summed E-state index contributed by atoms with van der Waals surface area (Å²) in [6.45, 7) is 4.75. The molecule has 0 radical (unpaired) electrons. The van der Waals surface area contributed by atoms with Crippen LogP contribution in [0.4, 0.5) is 0 Å². The molecule has 0 spiro atoms. The fraction of sp³-hybridized carbons (Fsp3) is 0.625. The standard InChI is InChI=1S/C16H25NO2/c1-3-17-11-14-10-15(18-2)8-9-16(14)19-12-13-6-4-5-7-13/h8-10,13,17H,3-7,11-12H2,1-2H3. The van der Waals surface area contributed by atoms with Crippen LogP contribution in [0, 0.1) is 5.92 Å².